The average Bonchev–Trinajstić information content (AvgIpc) is 2.97. The summed E-state index contributed by atoms with van der Waals surface area (Å²) >= 11 is 0. The van der Waals surface area contributed by atoms with Crippen LogP contribution in [0.1, 0.15) is 12.5 Å². The summed E-state index contributed by atoms with van der Waals surface area (Å²) in [4.78, 5) is 0. The first kappa shape index (κ1) is 12.3. The molecule has 0 fully saturated rings. The fraction of sp³-hybridized carbons (Fsp3) is 0.133. The van der Waals surface area contributed by atoms with E-state index in [2.05, 4.69) is 34.6 Å². The van der Waals surface area contributed by atoms with Crippen LogP contribution >= 0.6 is 0 Å². The van der Waals surface area contributed by atoms with Crippen LogP contribution in [-0.2, 0) is 6.42 Å². The highest BCUT2D eigenvalue weighted by molar-refractivity contribution is 5.62. The molecule has 0 aliphatic rings. The maximum Gasteiger partial charge on any atom is 0.187 e. The van der Waals surface area contributed by atoms with Gasteiger partial charge in [0.25, 0.3) is 0 Å². The van der Waals surface area contributed by atoms with Gasteiger partial charge < -0.3 is 5.73 Å². The normalized spacial score (nSPS) is 10.7. The molecule has 0 saturated carbocycles. The molecule has 0 amide bonds. The third-order valence-electron chi connectivity index (χ3n) is 3.18. The van der Waals surface area contributed by atoms with Crippen molar-refractivity contribution in [3.63, 3.8) is 0 Å². The molecule has 1 aromatic heterocycles. The average molecular weight is 265 g/mol. The summed E-state index contributed by atoms with van der Waals surface area (Å²) in [6.07, 6.45) is 0.976. The highest BCUT2D eigenvalue weighted by atomic mass is 15.5. The molecule has 0 spiro atoms. The minimum absolute atomic E-state index is 0.686. The van der Waals surface area contributed by atoms with Crippen LogP contribution in [0.3, 0.4) is 0 Å². The van der Waals surface area contributed by atoms with E-state index in [1.807, 2.05) is 36.4 Å². The van der Waals surface area contributed by atoms with Crippen LogP contribution in [0.5, 0.6) is 0 Å². The lowest BCUT2D eigenvalue weighted by atomic mass is 10.1. The second-order valence-electron chi connectivity index (χ2n) is 4.56. The van der Waals surface area contributed by atoms with Gasteiger partial charge in [-0.3, -0.25) is 0 Å². The zero-order chi connectivity index (χ0) is 13.9. The number of aryl methyl sites for hydroxylation is 1. The van der Waals surface area contributed by atoms with Crippen LogP contribution in [0, 0.1) is 0 Å². The molecule has 2 N–H and O–H groups in total. The monoisotopic (exact) mass is 265 g/mol. The third kappa shape index (κ3) is 2.25. The van der Waals surface area contributed by atoms with E-state index >= 15 is 0 Å². The van der Waals surface area contributed by atoms with Crippen LogP contribution in [0.2, 0.25) is 0 Å². The quantitative estimate of drug-likeness (QED) is 0.739. The molecule has 0 aliphatic carbocycles. The molecule has 0 saturated heterocycles. The molecule has 3 rings (SSSR count). The van der Waals surface area contributed by atoms with E-state index in [1.54, 1.807) is 4.68 Å². The van der Waals surface area contributed by atoms with Crippen molar-refractivity contribution in [1.29, 1.82) is 0 Å². The van der Waals surface area contributed by atoms with Crippen LogP contribution in [0.4, 0.5) is 5.69 Å². The van der Waals surface area contributed by atoms with Gasteiger partial charge in [0.2, 0.25) is 0 Å². The van der Waals surface area contributed by atoms with Crippen molar-refractivity contribution < 1.29 is 0 Å². The van der Waals surface area contributed by atoms with Crippen LogP contribution in [0.15, 0.2) is 48.5 Å². The molecule has 2 aromatic carbocycles. The summed E-state index contributed by atoms with van der Waals surface area (Å²) in [5.74, 6) is 0.686. The Hall–Kier alpha value is -2.69. The molecule has 3 aromatic rings. The fourth-order valence-electron chi connectivity index (χ4n) is 2.13. The molecule has 20 heavy (non-hydrogen) atoms. The molecule has 0 radical (unpaired) electrons. The van der Waals surface area contributed by atoms with Crippen molar-refractivity contribution in [2.24, 2.45) is 0 Å². The molecular weight excluding hydrogens is 250 g/mol. The predicted octanol–water partition coefficient (Wildman–Crippen LogP) is 2.47. The van der Waals surface area contributed by atoms with Gasteiger partial charge in [0.15, 0.2) is 5.82 Å². The summed E-state index contributed by atoms with van der Waals surface area (Å²) in [5, 5.41) is 12.0. The molecule has 1 heterocycles. The Balaban J connectivity index is 2.10. The van der Waals surface area contributed by atoms with Crippen LogP contribution in [0.25, 0.3) is 17.1 Å². The van der Waals surface area contributed by atoms with Crippen LogP contribution in [-0.4, -0.2) is 20.2 Å². The topological polar surface area (TPSA) is 69.6 Å². The minimum Gasteiger partial charge on any atom is -0.399 e. The van der Waals surface area contributed by atoms with E-state index in [0.717, 1.165) is 17.7 Å². The van der Waals surface area contributed by atoms with Gasteiger partial charge in [0, 0.05) is 11.3 Å². The van der Waals surface area contributed by atoms with Gasteiger partial charge >= 0.3 is 0 Å². The van der Waals surface area contributed by atoms with Gasteiger partial charge in [0.1, 0.15) is 0 Å². The lowest BCUT2D eigenvalue weighted by Gasteiger charge is -2.06. The Morgan fingerprint density at radius 3 is 2.75 bits per heavy atom. The number of hydrogen-bond acceptors (Lipinski definition) is 4. The molecule has 5 heteroatoms. The summed E-state index contributed by atoms with van der Waals surface area (Å²) in [6.45, 7) is 2.12. The SMILES string of the molecule is CCc1cccc(-n2nnnc2-c2cccc(N)c2)c1. The summed E-state index contributed by atoms with van der Waals surface area (Å²) in [6, 6.07) is 15.7. The maximum atomic E-state index is 5.82. The number of tetrazole rings is 1. The largest absolute Gasteiger partial charge is 0.399 e. The number of nitrogens with zero attached hydrogens (tertiary/aromatic N) is 4. The maximum absolute atomic E-state index is 5.82. The summed E-state index contributed by atoms with van der Waals surface area (Å²) in [7, 11) is 0. The van der Waals surface area contributed by atoms with E-state index in [1.165, 1.54) is 5.56 Å². The summed E-state index contributed by atoms with van der Waals surface area (Å²) < 4.78 is 1.73. The number of aromatic nitrogens is 4. The van der Waals surface area contributed by atoms with Gasteiger partial charge in [-0.25, -0.2) is 0 Å². The molecule has 0 unspecified atom stereocenters. The molecule has 0 atom stereocenters. The number of nitrogen functional groups attached to an aromatic ring is 1. The van der Waals surface area contributed by atoms with E-state index in [4.69, 9.17) is 5.73 Å². The standard InChI is InChI=1S/C15H15N5/c1-2-11-5-3-8-14(9-11)20-15(17-18-19-20)12-6-4-7-13(16)10-12/h3-10H,2,16H2,1H3. The summed E-state index contributed by atoms with van der Waals surface area (Å²) in [5.41, 5.74) is 9.61. The molecule has 0 aliphatic heterocycles. The number of anilines is 1. The second kappa shape index (κ2) is 5.13. The zero-order valence-electron chi connectivity index (χ0n) is 11.2. The van der Waals surface area contributed by atoms with Crippen molar-refractivity contribution in [3.8, 4) is 17.1 Å². The zero-order valence-corrected chi connectivity index (χ0v) is 11.2. The van der Waals surface area contributed by atoms with E-state index in [0.29, 0.717) is 11.5 Å². The van der Waals surface area contributed by atoms with Crippen molar-refractivity contribution in [2.75, 3.05) is 5.73 Å². The highest BCUT2D eigenvalue weighted by Gasteiger charge is 2.11. The Morgan fingerprint density at radius 1 is 1.10 bits per heavy atom. The highest BCUT2D eigenvalue weighted by Crippen LogP contribution is 2.21. The minimum atomic E-state index is 0.686. The van der Waals surface area contributed by atoms with Gasteiger partial charge in [-0.05, 0) is 46.7 Å². The number of rotatable bonds is 3. The third-order valence-corrected chi connectivity index (χ3v) is 3.18. The first-order valence-corrected chi connectivity index (χ1v) is 6.51. The van der Waals surface area contributed by atoms with Crippen molar-refractivity contribution >= 4 is 5.69 Å². The van der Waals surface area contributed by atoms with Gasteiger partial charge in [0.05, 0.1) is 5.69 Å². The van der Waals surface area contributed by atoms with Crippen molar-refractivity contribution in [3.05, 3.63) is 54.1 Å². The van der Waals surface area contributed by atoms with Crippen molar-refractivity contribution in [2.45, 2.75) is 13.3 Å². The molecular formula is C15H15N5. The first-order valence-electron chi connectivity index (χ1n) is 6.51. The van der Waals surface area contributed by atoms with Gasteiger partial charge in [-0.2, -0.15) is 4.68 Å². The van der Waals surface area contributed by atoms with Gasteiger partial charge in [-0.15, -0.1) is 5.10 Å². The van der Waals surface area contributed by atoms with E-state index < -0.39 is 0 Å². The molecule has 0 bridgehead atoms. The lowest BCUT2D eigenvalue weighted by molar-refractivity contribution is 0.790. The molecule has 5 nitrogen and oxygen atoms in total. The number of nitrogens with two attached hydrogens (primary N) is 1. The first-order chi connectivity index (χ1) is 9.78. The molecule has 100 valence electrons. The lowest BCUT2D eigenvalue weighted by Crippen LogP contribution is -2.00. The van der Waals surface area contributed by atoms with Crippen molar-refractivity contribution in [1.82, 2.24) is 20.2 Å². The van der Waals surface area contributed by atoms with Crippen LogP contribution < -0.4 is 5.73 Å². The second-order valence-corrected chi connectivity index (χ2v) is 4.56. The Kier molecular flexibility index (Phi) is 3.16. The fourth-order valence-corrected chi connectivity index (χ4v) is 2.13. The Labute approximate surface area is 117 Å². The predicted molar refractivity (Wildman–Crippen MR) is 78.4 cm³/mol. The Morgan fingerprint density at radius 2 is 1.95 bits per heavy atom. The Bertz CT molecular complexity index is 732. The van der Waals surface area contributed by atoms with Gasteiger partial charge in [-0.1, -0.05) is 31.2 Å². The van der Waals surface area contributed by atoms with E-state index in [-0.39, 0.29) is 0 Å². The number of benzene rings is 2. The number of hydrogen-bond donors (Lipinski definition) is 1. The smallest absolute Gasteiger partial charge is 0.187 e. The van der Waals surface area contributed by atoms with E-state index in [9.17, 15) is 0 Å².